The van der Waals surface area contributed by atoms with Gasteiger partial charge in [-0.1, -0.05) is 6.92 Å². The Morgan fingerprint density at radius 1 is 1.43 bits per heavy atom. The molecule has 0 saturated carbocycles. The highest BCUT2D eigenvalue weighted by atomic mass is 32.1. The smallest absolute Gasteiger partial charge is 0.237 e. The minimum atomic E-state index is 0.0561. The van der Waals surface area contributed by atoms with E-state index in [9.17, 15) is 4.79 Å². The summed E-state index contributed by atoms with van der Waals surface area (Å²) in [5.74, 6) is 0.196. The Morgan fingerprint density at radius 3 is 3.00 bits per heavy atom. The molecule has 1 N–H and O–H groups in total. The molecule has 1 amide bonds. The Labute approximate surface area is 142 Å². The number of carbonyl (C=O) groups is 1. The van der Waals surface area contributed by atoms with Crippen LogP contribution in [0.2, 0.25) is 0 Å². The fourth-order valence-corrected chi connectivity index (χ4v) is 4.42. The number of nitrogens with one attached hydrogen (secondary N) is 1. The Morgan fingerprint density at radius 2 is 2.26 bits per heavy atom. The third kappa shape index (κ3) is 4.31. The summed E-state index contributed by atoms with van der Waals surface area (Å²) in [5, 5.41) is 4.24. The fourth-order valence-electron chi connectivity index (χ4n) is 3.56. The average Bonchev–Trinajstić information content (AvgIpc) is 3.24. The molecule has 128 valence electrons. The van der Waals surface area contributed by atoms with Crippen LogP contribution in [0.25, 0.3) is 0 Å². The third-order valence-corrected chi connectivity index (χ3v) is 6.05. The molecule has 3 heterocycles. The molecule has 3 rings (SSSR count). The van der Waals surface area contributed by atoms with Gasteiger partial charge < -0.3 is 10.1 Å². The van der Waals surface area contributed by atoms with E-state index in [1.165, 1.54) is 4.88 Å². The molecule has 2 saturated heterocycles. The van der Waals surface area contributed by atoms with Crippen molar-refractivity contribution in [3.8, 4) is 0 Å². The van der Waals surface area contributed by atoms with E-state index in [2.05, 4.69) is 22.1 Å². The van der Waals surface area contributed by atoms with Gasteiger partial charge in [-0.2, -0.15) is 0 Å². The zero-order chi connectivity index (χ0) is 16.1. The number of hydrogen-bond donors (Lipinski definition) is 1. The third-order valence-electron chi connectivity index (χ3n) is 4.84. The van der Waals surface area contributed by atoms with Crippen LogP contribution in [0.15, 0.2) is 6.20 Å². The Balaban J connectivity index is 1.46. The van der Waals surface area contributed by atoms with Crippen molar-refractivity contribution >= 4 is 17.2 Å². The van der Waals surface area contributed by atoms with Crippen LogP contribution in [0.1, 0.15) is 42.5 Å². The summed E-state index contributed by atoms with van der Waals surface area (Å²) in [7, 11) is 0. The van der Waals surface area contributed by atoms with Gasteiger partial charge in [0.2, 0.25) is 5.91 Å². The highest BCUT2D eigenvalue weighted by molar-refractivity contribution is 7.11. The molecule has 1 atom stereocenters. The first-order chi connectivity index (χ1) is 11.3. The molecule has 0 spiro atoms. The van der Waals surface area contributed by atoms with Crippen LogP contribution >= 0.6 is 11.3 Å². The van der Waals surface area contributed by atoms with Crippen LogP contribution in [-0.2, 0) is 22.4 Å². The van der Waals surface area contributed by atoms with Crippen molar-refractivity contribution in [1.29, 1.82) is 0 Å². The molecule has 0 aromatic carbocycles. The first-order valence-corrected chi connectivity index (χ1v) is 9.64. The van der Waals surface area contributed by atoms with Crippen LogP contribution in [-0.4, -0.2) is 54.2 Å². The molecule has 2 aliphatic heterocycles. The minimum Gasteiger partial charge on any atom is -0.381 e. The van der Waals surface area contributed by atoms with Gasteiger partial charge in [0.05, 0.1) is 11.0 Å². The van der Waals surface area contributed by atoms with E-state index in [4.69, 9.17) is 4.74 Å². The summed E-state index contributed by atoms with van der Waals surface area (Å²) in [4.78, 5) is 20.7. The summed E-state index contributed by atoms with van der Waals surface area (Å²) >= 11 is 1.75. The number of rotatable bonds is 6. The summed E-state index contributed by atoms with van der Waals surface area (Å²) in [6.07, 6.45) is 8.05. The normalized spacial score (nSPS) is 23.3. The molecule has 2 aliphatic rings. The van der Waals surface area contributed by atoms with Gasteiger partial charge in [-0.25, -0.2) is 4.98 Å². The standard InChI is InChI=1S/C17H27N3O2S/c1-2-14-12-19-16(23-14)5-8-18-17(21)15-4-3-9-20(15)13-6-10-22-11-7-13/h12-13,15H,2-11H2,1H3,(H,18,21)/t15-/m1/s1. The monoisotopic (exact) mass is 337 g/mol. The first kappa shape index (κ1) is 16.9. The zero-order valence-electron chi connectivity index (χ0n) is 13.9. The van der Waals surface area contributed by atoms with E-state index >= 15 is 0 Å². The summed E-state index contributed by atoms with van der Waals surface area (Å²) < 4.78 is 5.45. The van der Waals surface area contributed by atoms with Gasteiger partial charge in [0.1, 0.15) is 0 Å². The van der Waals surface area contributed by atoms with Crippen LogP contribution < -0.4 is 5.32 Å². The van der Waals surface area contributed by atoms with Crippen molar-refractivity contribution in [1.82, 2.24) is 15.2 Å². The first-order valence-electron chi connectivity index (χ1n) is 8.82. The van der Waals surface area contributed by atoms with E-state index in [0.717, 1.165) is 63.3 Å². The van der Waals surface area contributed by atoms with Crippen LogP contribution in [0.4, 0.5) is 0 Å². The second-order valence-electron chi connectivity index (χ2n) is 6.35. The largest absolute Gasteiger partial charge is 0.381 e. The molecule has 1 aromatic heterocycles. The van der Waals surface area contributed by atoms with Crippen molar-refractivity contribution in [2.75, 3.05) is 26.3 Å². The van der Waals surface area contributed by atoms with Crippen molar-refractivity contribution in [2.24, 2.45) is 0 Å². The van der Waals surface area contributed by atoms with Gasteiger partial charge in [-0.15, -0.1) is 11.3 Å². The number of thiazole rings is 1. The maximum absolute atomic E-state index is 12.5. The maximum Gasteiger partial charge on any atom is 0.237 e. The van der Waals surface area contributed by atoms with Crippen LogP contribution in [0.5, 0.6) is 0 Å². The highest BCUT2D eigenvalue weighted by Gasteiger charge is 2.35. The molecule has 0 unspecified atom stereocenters. The van der Waals surface area contributed by atoms with Gasteiger partial charge in [0.15, 0.2) is 0 Å². The van der Waals surface area contributed by atoms with E-state index in [-0.39, 0.29) is 11.9 Å². The lowest BCUT2D eigenvalue weighted by atomic mass is 10.1. The SMILES string of the molecule is CCc1cnc(CCNC(=O)[C@H]2CCCN2C2CCOCC2)s1. The number of amides is 1. The highest BCUT2D eigenvalue weighted by Crippen LogP contribution is 2.25. The van der Waals surface area contributed by atoms with E-state index in [0.29, 0.717) is 12.6 Å². The van der Waals surface area contributed by atoms with Crippen LogP contribution in [0, 0.1) is 0 Å². The fraction of sp³-hybridized carbons (Fsp3) is 0.765. The number of aromatic nitrogens is 1. The predicted molar refractivity (Wildman–Crippen MR) is 91.8 cm³/mol. The summed E-state index contributed by atoms with van der Waals surface area (Å²) in [5.41, 5.74) is 0. The minimum absolute atomic E-state index is 0.0561. The van der Waals surface area contributed by atoms with Crippen molar-refractivity contribution in [3.05, 3.63) is 16.1 Å². The lowest BCUT2D eigenvalue weighted by Crippen LogP contribution is -2.49. The number of carbonyl (C=O) groups excluding carboxylic acids is 1. The van der Waals surface area contributed by atoms with Crippen LogP contribution in [0.3, 0.4) is 0 Å². The number of likely N-dealkylation sites (tertiary alicyclic amines) is 1. The lowest BCUT2D eigenvalue weighted by molar-refractivity contribution is -0.126. The van der Waals surface area contributed by atoms with Crippen molar-refractivity contribution in [3.63, 3.8) is 0 Å². The number of ether oxygens (including phenoxy) is 1. The lowest BCUT2D eigenvalue weighted by Gasteiger charge is -2.34. The summed E-state index contributed by atoms with van der Waals surface area (Å²) in [6.45, 7) is 5.55. The van der Waals surface area contributed by atoms with E-state index in [1.807, 2.05) is 6.20 Å². The summed E-state index contributed by atoms with van der Waals surface area (Å²) in [6, 6.07) is 0.577. The quantitative estimate of drug-likeness (QED) is 0.863. The van der Waals surface area contributed by atoms with Gasteiger partial charge >= 0.3 is 0 Å². The molecule has 1 aromatic rings. The van der Waals surface area contributed by atoms with Crippen molar-refractivity contribution < 1.29 is 9.53 Å². The average molecular weight is 337 g/mol. The van der Waals surface area contributed by atoms with Gasteiger partial charge in [0, 0.05) is 43.3 Å². The molecule has 0 radical (unpaired) electrons. The van der Waals surface area contributed by atoms with Crippen molar-refractivity contribution in [2.45, 2.75) is 57.5 Å². The molecule has 5 nitrogen and oxygen atoms in total. The number of nitrogens with zero attached hydrogens (tertiary/aromatic N) is 2. The Kier molecular flexibility index (Phi) is 6.02. The van der Waals surface area contributed by atoms with E-state index in [1.54, 1.807) is 11.3 Å². The predicted octanol–water partition coefficient (Wildman–Crippen LogP) is 2.01. The molecule has 6 heteroatoms. The molecule has 0 bridgehead atoms. The zero-order valence-corrected chi connectivity index (χ0v) is 14.7. The topological polar surface area (TPSA) is 54.5 Å². The molecular formula is C17H27N3O2S. The molecular weight excluding hydrogens is 310 g/mol. The van der Waals surface area contributed by atoms with Gasteiger partial charge in [0.25, 0.3) is 0 Å². The Hall–Kier alpha value is -0.980. The number of aryl methyl sites for hydroxylation is 1. The van der Waals surface area contributed by atoms with E-state index < -0.39 is 0 Å². The molecule has 23 heavy (non-hydrogen) atoms. The number of hydrogen-bond acceptors (Lipinski definition) is 5. The molecule has 0 aliphatic carbocycles. The second-order valence-corrected chi connectivity index (χ2v) is 7.55. The van der Waals surface area contributed by atoms with Gasteiger partial charge in [-0.05, 0) is 38.6 Å². The second kappa shape index (κ2) is 8.22. The van der Waals surface area contributed by atoms with Gasteiger partial charge in [-0.3, -0.25) is 9.69 Å². The molecule has 2 fully saturated rings. The maximum atomic E-state index is 12.5. The Bertz CT molecular complexity index is 514.